The SMILES string of the molecule is COC(=O)CCc1cc(N=[NH+]c2ccccc2N)c(O)c(C(C)(C)C)c1. The van der Waals surface area contributed by atoms with E-state index in [1.54, 1.807) is 12.1 Å². The van der Waals surface area contributed by atoms with E-state index in [1.807, 2.05) is 45.0 Å². The number of phenols is 1. The summed E-state index contributed by atoms with van der Waals surface area (Å²) >= 11 is 0. The van der Waals surface area contributed by atoms with Crippen LogP contribution in [0.3, 0.4) is 0 Å². The van der Waals surface area contributed by atoms with Gasteiger partial charge in [0.15, 0.2) is 11.4 Å². The summed E-state index contributed by atoms with van der Waals surface area (Å²) in [6.45, 7) is 6.04. The fourth-order valence-corrected chi connectivity index (χ4v) is 2.55. The number of azo groups is 1. The van der Waals surface area contributed by atoms with Crippen LogP contribution in [0.5, 0.6) is 5.75 Å². The molecule has 2 aromatic rings. The van der Waals surface area contributed by atoms with E-state index < -0.39 is 0 Å². The molecule has 2 aromatic carbocycles. The van der Waals surface area contributed by atoms with Gasteiger partial charge < -0.3 is 15.6 Å². The number of nitrogen functional groups attached to an aromatic ring is 1. The summed E-state index contributed by atoms with van der Waals surface area (Å²) in [6, 6.07) is 10.9. The molecule has 0 spiro atoms. The van der Waals surface area contributed by atoms with E-state index in [2.05, 4.69) is 10.2 Å². The van der Waals surface area contributed by atoms with Crippen molar-refractivity contribution >= 4 is 23.0 Å². The van der Waals surface area contributed by atoms with Crippen LogP contribution < -0.4 is 10.8 Å². The second-order valence-corrected chi connectivity index (χ2v) is 7.15. The van der Waals surface area contributed by atoms with E-state index in [-0.39, 0.29) is 23.6 Å². The maximum absolute atomic E-state index is 11.4. The highest BCUT2D eigenvalue weighted by Gasteiger charge is 2.22. The Morgan fingerprint density at radius 2 is 1.96 bits per heavy atom. The minimum Gasteiger partial charge on any atom is -0.505 e. The average molecular weight is 356 g/mol. The largest absolute Gasteiger partial charge is 0.505 e. The van der Waals surface area contributed by atoms with Crippen LogP contribution in [0.15, 0.2) is 41.5 Å². The molecule has 0 unspecified atom stereocenters. The Bertz CT molecular complexity index is 824. The third-order valence-corrected chi connectivity index (χ3v) is 4.06. The maximum atomic E-state index is 11.4. The van der Waals surface area contributed by atoms with Crippen molar-refractivity contribution in [3.8, 4) is 5.75 Å². The number of hydrogen-bond acceptors (Lipinski definition) is 5. The van der Waals surface area contributed by atoms with E-state index in [1.165, 1.54) is 7.11 Å². The van der Waals surface area contributed by atoms with Crippen molar-refractivity contribution in [2.24, 2.45) is 5.11 Å². The third kappa shape index (κ3) is 4.81. The molecule has 0 saturated heterocycles. The number of carbonyl (C=O) groups excluding carboxylic acids is 1. The number of ether oxygens (including phenoxy) is 1. The van der Waals surface area contributed by atoms with E-state index in [0.717, 1.165) is 11.1 Å². The number of anilines is 1. The zero-order valence-corrected chi connectivity index (χ0v) is 15.7. The molecule has 0 amide bonds. The lowest BCUT2D eigenvalue weighted by Gasteiger charge is -2.21. The number of aromatic hydroxyl groups is 1. The second kappa shape index (κ2) is 7.99. The highest BCUT2D eigenvalue weighted by atomic mass is 16.5. The monoisotopic (exact) mass is 356 g/mol. The van der Waals surface area contributed by atoms with Crippen LogP contribution in [0.25, 0.3) is 0 Å². The van der Waals surface area contributed by atoms with Gasteiger partial charge in [0.1, 0.15) is 5.69 Å². The lowest BCUT2D eigenvalue weighted by molar-refractivity contribution is -0.432. The summed E-state index contributed by atoms with van der Waals surface area (Å²) in [5, 5.41) is 17.9. The fraction of sp³-hybridized carbons (Fsp3) is 0.350. The van der Waals surface area contributed by atoms with Crippen LogP contribution in [-0.2, 0) is 21.4 Å². The summed E-state index contributed by atoms with van der Waals surface area (Å²) < 4.78 is 4.70. The number of hydrogen-bond donors (Lipinski definition) is 3. The van der Waals surface area contributed by atoms with Crippen molar-refractivity contribution in [2.75, 3.05) is 12.8 Å². The predicted octanol–water partition coefficient (Wildman–Crippen LogP) is 2.87. The topological polar surface area (TPSA) is 98.9 Å². The van der Waals surface area contributed by atoms with Crippen molar-refractivity contribution in [3.63, 3.8) is 0 Å². The average Bonchev–Trinajstić information content (AvgIpc) is 2.59. The Labute approximate surface area is 153 Å². The molecule has 0 atom stereocenters. The normalized spacial score (nSPS) is 11.7. The number of aryl methyl sites for hydroxylation is 1. The molecule has 0 aliphatic carbocycles. The van der Waals surface area contributed by atoms with Crippen molar-refractivity contribution in [1.82, 2.24) is 0 Å². The van der Waals surface area contributed by atoms with Crippen molar-refractivity contribution < 1.29 is 19.8 Å². The number of benzene rings is 2. The number of phenolic OH excluding ortho intramolecular Hbond substituents is 1. The molecule has 0 heterocycles. The molecule has 0 aromatic heterocycles. The van der Waals surface area contributed by atoms with Gasteiger partial charge in [-0.15, -0.1) is 0 Å². The first-order chi connectivity index (χ1) is 12.2. The molecule has 0 radical (unpaired) electrons. The first-order valence-electron chi connectivity index (χ1n) is 8.47. The van der Waals surface area contributed by atoms with E-state index in [9.17, 15) is 9.90 Å². The first kappa shape index (κ1) is 19.4. The molecule has 0 fully saturated rings. The minimum atomic E-state index is -0.276. The number of methoxy groups -OCH3 is 1. The summed E-state index contributed by atoms with van der Waals surface area (Å²) in [4.78, 5) is 11.4. The highest BCUT2D eigenvalue weighted by Crippen LogP contribution is 2.38. The number of rotatable bonds is 5. The van der Waals surface area contributed by atoms with Gasteiger partial charge in [0.25, 0.3) is 5.69 Å². The van der Waals surface area contributed by atoms with E-state index in [4.69, 9.17) is 10.5 Å². The summed E-state index contributed by atoms with van der Waals surface area (Å²) in [7, 11) is 1.37. The Morgan fingerprint density at radius 3 is 2.58 bits per heavy atom. The number of nitrogens with zero attached hydrogens (tertiary/aromatic N) is 1. The lowest BCUT2D eigenvalue weighted by atomic mass is 9.84. The number of nitrogens with two attached hydrogens (primary N) is 1. The molecule has 6 nitrogen and oxygen atoms in total. The molecule has 0 saturated carbocycles. The number of esters is 1. The standard InChI is InChI=1S/C20H25N3O3/c1-20(2,3)14-11-13(9-10-18(24)26-4)12-17(19(14)25)23-22-16-8-6-5-7-15(16)21/h5-8,11-12,25H,9-10,21H2,1-4H3/p+1. The van der Waals surface area contributed by atoms with E-state index >= 15 is 0 Å². The smallest absolute Gasteiger partial charge is 0.305 e. The van der Waals surface area contributed by atoms with Crippen LogP contribution in [0, 0.1) is 0 Å². The molecular weight excluding hydrogens is 330 g/mol. The van der Waals surface area contributed by atoms with Gasteiger partial charge in [-0.1, -0.05) is 44.1 Å². The first-order valence-corrected chi connectivity index (χ1v) is 8.47. The van der Waals surface area contributed by atoms with Crippen LogP contribution in [0.2, 0.25) is 0 Å². The van der Waals surface area contributed by atoms with E-state index in [0.29, 0.717) is 23.5 Å². The van der Waals surface area contributed by atoms with Gasteiger partial charge in [-0.25, -0.2) is 0 Å². The van der Waals surface area contributed by atoms with Crippen molar-refractivity contribution in [1.29, 1.82) is 0 Å². The zero-order valence-electron chi connectivity index (χ0n) is 15.7. The molecule has 26 heavy (non-hydrogen) atoms. The molecular formula is C20H26N3O3+. The third-order valence-electron chi connectivity index (χ3n) is 4.06. The summed E-state index contributed by atoms with van der Waals surface area (Å²) in [5.41, 5.74) is 8.93. The van der Waals surface area contributed by atoms with Gasteiger partial charge in [-0.3, -0.25) is 4.79 Å². The molecule has 0 aliphatic heterocycles. The lowest BCUT2D eigenvalue weighted by Crippen LogP contribution is -2.57. The molecule has 6 heteroatoms. The van der Waals surface area contributed by atoms with Crippen LogP contribution >= 0.6 is 0 Å². The minimum absolute atomic E-state index is 0.112. The van der Waals surface area contributed by atoms with Crippen molar-refractivity contribution in [3.05, 3.63) is 47.5 Å². The molecule has 2 rings (SSSR count). The summed E-state index contributed by atoms with van der Waals surface area (Å²) in [6.07, 6.45) is 0.773. The van der Waals surface area contributed by atoms with Gasteiger partial charge in [0, 0.05) is 23.2 Å². The molecule has 138 valence electrons. The number of nitrogens with one attached hydrogen (secondary N) is 1. The van der Waals surface area contributed by atoms with Gasteiger partial charge in [-0.05, 0) is 29.5 Å². The Hall–Kier alpha value is -2.89. The Morgan fingerprint density at radius 1 is 1.27 bits per heavy atom. The summed E-state index contributed by atoms with van der Waals surface area (Å²) in [5.74, 6) is -0.162. The molecule has 0 aliphatic rings. The highest BCUT2D eigenvalue weighted by molar-refractivity contribution is 5.70. The van der Waals surface area contributed by atoms with Gasteiger partial charge in [-0.2, -0.15) is 0 Å². The molecule has 0 bridgehead atoms. The predicted molar refractivity (Wildman–Crippen MR) is 101 cm³/mol. The van der Waals surface area contributed by atoms with Gasteiger partial charge in [0.05, 0.1) is 7.11 Å². The van der Waals surface area contributed by atoms with Gasteiger partial charge in [0.2, 0.25) is 0 Å². The van der Waals surface area contributed by atoms with Gasteiger partial charge >= 0.3 is 5.97 Å². The van der Waals surface area contributed by atoms with Crippen LogP contribution in [0.4, 0.5) is 17.1 Å². The second-order valence-electron chi connectivity index (χ2n) is 7.15. The Kier molecular flexibility index (Phi) is 5.97. The van der Waals surface area contributed by atoms with Crippen LogP contribution in [0.1, 0.15) is 38.3 Å². The Balaban J connectivity index is 2.43. The number of carbonyl (C=O) groups is 1. The fourth-order valence-electron chi connectivity index (χ4n) is 2.55. The zero-order chi connectivity index (χ0) is 19.3. The van der Waals surface area contributed by atoms with Crippen LogP contribution in [-0.4, -0.2) is 18.2 Å². The maximum Gasteiger partial charge on any atom is 0.305 e. The van der Waals surface area contributed by atoms with Crippen molar-refractivity contribution in [2.45, 2.75) is 39.0 Å². The quantitative estimate of drug-likeness (QED) is 0.436. The number of para-hydroxylation sites is 2. The molecule has 4 N–H and O–H groups in total.